The number of carbonyl (C=O) groups excluding carboxylic acids is 2. The van der Waals surface area contributed by atoms with Gasteiger partial charge in [-0.3, -0.25) is 9.59 Å². The van der Waals surface area contributed by atoms with Gasteiger partial charge < -0.3 is 14.2 Å². The number of sulfonamides is 1. The highest BCUT2D eigenvalue weighted by Gasteiger charge is 2.31. The molecule has 9 heteroatoms. The highest BCUT2D eigenvalue weighted by Crippen LogP contribution is 2.21. The van der Waals surface area contributed by atoms with Crippen molar-refractivity contribution in [1.82, 2.24) is 14.5 Å². The van der Waals surface area contributed by atoms with Crippen molar-refractivity contribution in [3.05, 3.63) is 53.5 Å². The van der Waals surface area contributed by atoms with Gasteiger partial charge in [0.15, 0.2) is 0 Å². The summed E-state index contributed by atoms with van der Waals surface area (Å²) in [6.45, 7) is 9.18. The Kier molecular flexibility index (Phi) is 6.56. The molecule has 1 saturated heterocycles. The third-order valence-electron chi connectivity index (χ3n) is 5.26. The Balaban J connectivity index is 1.71. The summed E-state index contributed by atoms with van der Waals surface area (Å²) in [7, 11) is -3.81. The van der Waals surface area contributed by atoms with Crippen LogP contribution in [0.3, 0.4) is 0 Å². The second kappa shape index (κ2) is 8.84. The van der Waals surface area contributed by atoms with Gasteiger partial charge in [-0.15, -0.1) is 0 Å². The van der Waals surface area contributed by atoms with E-state index < -0.39 is 15.4 Å². The lowest BCUT2D eigenvalue weighted by molar-refractivity contribution is -0.140. The molecule has 31 heavy (non-hydrogen) atoms. The van der Waals surface area contributed by atoms with E-state index in [1.165, 1.54) is 18.4 Å². The van der Waals surface area contributed by atoms with Crippen LogP contribution in [0.4, 0.5) is 0 Å². The Morgan fingerprint density at radius 1 is 1.06 bits per heavy atom. The van der Waals surface area contributed by atoms with Crippen LogP contribution in [0.1, 0.15) is 42.5 Å². The lowest BCUT2D eigenvalue weighted by Crippen LogP contribution is -2.53. The second-order valence-electron chi connectivity index (χ2n) is 8.72. The van der Waals surface area contributed by atoms with Gasteiger partial charge in [0.2, 0.25) is 15.9 Å². The van der Waals surface area contributed by atoms with E-state index in [0.29, 0.717) is 43.1 Å². The molecule has 2 amide bonds. The van der Waals surface area contributed by atoms with Gasteiger partial charge >= 0.3 is 0 Å². The quantitative estimate of drug-likeness (QED) is 0.759. The number of rotatable bonds is 5. The standard InChI is InChI=1S/C22H29N3O5S/c1-16-7-8-18(31(28,29)23-15-17-6-5-13-30-17)14-19(16)20(26)24-9-11-25(12-10-24)21(27)22(2,3)4/h5-8,13-14,23H,9-12,15H2,1-4H3. The molecule has 1 aliphatic heterocycles. The fourth-order valence-electron chi connectivity index (χ4n) is 3.42. The van der Waals surface area contributed by atoms with Crippen LogP contribution in [0.15, 0.2) is 45.9 Å². The maximum absolute atomic E-state index is 13.1. The van der Waals surface area contributed by atoms with Crippen LogP contribution in [-0.2, 0) is 21.4 Å². The van der Waals surface area contributed by atoms with Crippen molar-refractivity contribution in [2.45, 2.75) is 39.1 Å². The predicted molar refractivity (Wildman–Crippen MR) is 116 cm³/mol. The molecule has 0 radical (unpaired) electrons. The molecule has 2 heterocycles. The van der Waals surface area contributed by atoms with Crippen molar-refractivity contribution < 1.29 is 22.4 Å². The van der Waals surface area contributed by atoms with Crippen LogP contribution < -0.4 is 4.72 Å². The molecule has 0 atom stereocenters. The van der Waals surface area contributed by atoms with Gasteiger partial charge in [0.05, 0.1) is 17.7 Å². The number of carbonyl (C=O) groups is 2. The Hall–Kier alpha value is -2.65. The first-order valence-corrected chi connectivity index (χ1v) is 11.7. The van der Waals surface area contributed by atoms with Gasteiger partial charge in [0.1, 0.15) is 5.76 Å². The van der Waals surface area contributed by atoms with Crippen molar-refractivity contribution >= 4 is 21.8 Å². The average Bonchev–Trinajstić information content (AvgIpc) is 3.25. The van der Waals surface area contributed by atoms with E-state index in [1.807, 2.05) is 20.8 Å². The van der Waals surface area contributed by atoms with Gasteiger partial charge in [-0.05, 0) is 36.8 Å². The van der Waals surface area contributed by atoms with Crippen molar-refractivity contribution in [3.63, 3.8) is 0 Å². The normalized spacial score (nSPS) is 15.2. The van der Waals surface area contributed by atoms with Crippen LogP contribution in [0, 0.1) is 12.3 Å². The van der Waals surface area contributed by atoms with E-state index >= 15 is 0 Å². The van der Waals surface area contributed by atoms with Crippen LogP contribution >= 0.6 is 0 Å². The zero-order valence-corrected chi connectivity index (χ0v) is 19.2. The van der Waals surface area contributed by atoms with Gasteiger partial charge in [0, 0.05) is 37.2 Å². The summed E-state index contributed by atoms with van der Waals surface area (Å²) in [6, 6.07) is 7.89. The molecular weight excluding hydrogens is 418 g/mol. The molecule has 1 aromatic carbocycles. The van der Waals surface area contributed by atoms with Crippen LogP contribution in [0.2, 0.25) is 0 Å². The number of nitrogens with zero attached hydrogens (tertiary/aromatic N) is 2. The van der Waals surface area contributed by atoms with Crippen molar-refractivity contribution in [2.75, 3.05) is 26.2 Å². The highest BCUT2D eigenvalue weighted by atomic mass is 32.2. The van der Waals surface area contributed by atoms with E-state index in [0.717, 1.165) is 0 Å². The Morgan fingerprint density at radius 3 is 2.29 bits per heavy atom. The maximum atomic E-state index is 13.1. The molecule has 0 bridgehead atoms. The zero-order valence-electron chi connectivity index (χ0n) is 18.3. The van der Waals surface area contributed by atoms with E-state index in [1.54, 1.807) is 34.9 Å². The Morgan fingerprint density at radius 2 is 1.71 bits per heavy atom. The minimum absolute atomic E-state index is 0.0227. The summed E-state index contributed by atoms with van der Waals surface area (Å²) >= 11 is 0. The number of nitrogens with one attached hydrogen (secondary N) is 1. The van der Waals surface area contributed by atoms with E-state index in [-0.39, 0.29) is 23.3 Å². The van der Waals surface area contributed by atoms with Gasteiger partial charge in [-0.1, -0.05) is 26.8 Å². The van der Waals surface area contributed by atoms with Crippen molar-refractivity contribution in [2.24, 2.45) is 5.41 Å². The second-order valence-corrected chi connectivity index (χ2v) is 10.5. The first-order valence-electron chi connectivity index (χ1n) is 10.2. The summed E-state index contributed by atoms with van der Waals surface area (Å²) in [4.78, 5) is 29.0. The molecule has 0 unspecified atom stereocenters. The van der Waals surface area contributed by atoms with Gasteiger partial charge in [0.25, 0.3) is 5.91 Å². The topological polar surface area (TPSA) is 99.9 Å². The summed E-state index contributed by atoms with van der Waals surface area (Å²) in [5.41, 5.74) is 0.577. The molecule has 0 saturated carbocycles. The van der Waals surface area contributed by atoms with Gasteiger partial charge in [-0.2, -0.15) is 0 Å². The summed E-state index contributed by atoms with van der Waals surface area (Å²) in [5, 5.41) is 0. The monoisotopic (exact) mass is 447 g/mol. The average molecular weight is 448 g/mol. The molecular formula is C22H29N3O5S. The van der Waals surface area contributed by atoms with Gasteiger partial charge in [-0.25, -0.2) is 13.1 Å². The highest BCUT2D eigenvalue weighted by molar-refractivity contribution is 7.89. The number of amides is 2. The lowest BCUT2D eigenvalue weighted by atomic mass is 9.94. The third-order valence-corrected chi connectivity index (χ3v) is 6.66. The molecule has 168 valence electrons. The molecule has 8 nitrogen and oxygen atoms in total. The smallest absolute Gasteiger partial charge is 0.254 e. The van der Waals surface area contributed by atoms with E-state index in [9.17, 15) is 18.0 Å². The molecule has 1 aromatic heterocycles. The van der Waals surface area contributed by atoms with Crippen LogP contribution in [0.25, 0.3) is 0 Å². The minimum Gasteiger partial charge on any atom is -0.468 e. The maximum Gasteiger partial charge on any atom is 0.254 e. The minimum atomic E-state index is -3.81. The molecule has 3 rings (SSSR count). The van der Waals surface area contributed by atoms with Crippen molar-refractivity contribution in [1.29, 1.82) is 0 Å². The Bertz CT molecular complexity index is 1050. The number of piperazine rings is 1. The summed E-state index contributed by atoms with van der Waals surface area (Å²) in [6.07, 6.45) is 1.47. The van der Waals surface area contributed by atoms with Crippen LogP contribution in [-0.4, -0.2) is 56.2 Å². The summed E-state index contributed by atoms with van der Waals surface area (Å²) in [5.74, 6) is 0.324. The van der Waals surface area contributed by atoms with Crippen LogP contribution in [0.5, 0.6) is 0 Å². The molecule has 0 aliphatic carbocycles. The van der Waals surface area contributed by atoms with E-state index in [4.69, 9.17) is 4.42 Å². The molecule has 2 aromatic rings. The first-order chi connectivity index (χ1) is 14.5. The van der Waals surface area contributed by atoms with E-state index in [2.05, 4.69) is 4.72 Å². The number of aryl methyl sites for hydroxylation is 1. The SMILES string of the molecule is Cc1ccc(S(=O)(=O)NCc2ccco2)cc1C(=O)N1CCN(C(=O)C(C)(C)C)CC1. The fourth-order valence-corrected chi connectivity index (χ4v) is 4.44. The van der Waals surface area contributed by atoms with Crippen molar-refractivity contribution in [3.8, 4) is 0 Å². The summed E-state index contributed by atoms with van der Waals surface area (Å²) < 4.78 is 33.0. The largest absolute Gasteiger partial charge is 0.468 e. The lowest BCUT2D eigenvalue weighted by Gasteiger charge is -2.37. The Labute approximate surface area is 183 Å². The number of hydrogen-bond acceptors (Lipinski definition) is 5. The number of hydrogen-bond donors (Lipinski definition) is 1. The molecule has 1 aliphatic rings. The first kappa shape index (κ1) is 23.0. The third kappa shape index (κ3) is 5.34. The number of furan rings is 1. The predicted octanol–water partition coefficient (Wildman–Crippen LogP) is 2.40. The molecule has 1 fully saturated rings. The number of benzene rings is 1. The molecule has 0 spiro atoms. The zero-order chi connectivity index (χ0) is 22.8. The molecule has 1 N–H and O–H groups in total. The fraction of sp³-hybridized carbons (Fsp3) is 0.455.